The van der Waals surface area contributed by atoms with Gasteiger partial charge in [0.15, 0.2) is 0 Å². The zero-order valence-corrected chi connectivity index (χ0v) is 15.4. The highest BCUT2D eigenvalue weighted by Crippen LogP contribution is 2.18. The van der Waals surface area contributed by atoms with Crippen molar-refractivity contribution in [3.63, 3.8) is 0 Å². The third kappa shape index (κ3) is 5.26. The van der Waals surface area contributed by atoms with E-state index in [9.17, 15) is 4.79 Å². The van der Waals surface area contributed by atoms with Gasteiger partial charge in [0.2, 0.25) is 11.8 Å². The smallest absolute Gasteiger partial charge is 0.248 e. The van der Waals surface area contributed by atoms with Gasteiger partial charge in [0.1, 0.15) is 18.5 Å². The molecule has 2 heterocycles. The highest BCUT2D eigenvalue weighted by molar-refractivity contribution is 5.77. The predicted octanol–water partition coefficient (Wildman–Crippen LogP) is 2.68. The lowest BCUT2D eigenvalue weighted by Crippen LogP contribution is -2.45. The van der Waals surface area contributed by atoms with E-state index in [1.54, 1.807) is 0 Å². The lowest BCUT2D eigenvalue weighted by molar-refractivity contribution is -0.139. The number of ether oxygens (including phenoxy) is 2. The summed E-state index contributed by atoms with van der Waals surface area (Å²) in [5.41, 5.74) is 1.94. The van der Waals surface area contributed by atoms with Gasteiger partial charge in [-0.25, -0.2) is 4.98 Å². The molecular formula is C20H25N3O3. The van der Waals surface area contributed by atoms with E-state index in [2.05, 4.69) is 9.97 Å². The highest BCUT2D eigenvalue weighted by Gasteiger charge is 2.25. The average Bonchev–Trinajstić information content (AvgIpc) is 2.62. The van der Waals surface area contributed by atoms with Gasteiger partial charge in [-0.1, -0.05) is 30.3 Å². The first-order valence-electron chi connectivity index (χ1n) is 8.98. The van der Waals surface area contributed by atoms with Crippen LogP contribution in [0.5, 0.6) is 5.88 Å². The molecule has 0 aliphatic carbocycles. The lowest BCUT2D eigenvalue weighted by atomic mass is 10.1. The van der Waals surface area contributed by atoms with E-state index in [1.165, 1.54) is 0 Å². The molecule has 6 heteroatoms. The predicted molar refractivity (Wildman–Crippen MR) is 97.8 cm³/mol. The van der Waals surface area contributed by atoms with Gasteiger partial charge in [0.25, 0.3) is 0 Å². The van der Waals surface area contributed by atoms with Gasteiger partial charge in [0.05, 0.1) is 13.2 Å². The summed E-state index contributed by atoms with van der Waals surface area (Å²) in [4.78, 5) is 22.8. The summed E-state index contributed by atoms with van der Waals surface area (Å²) < 4.78 is 11.6. The van der Waals surface area contributed by atoms with Crippen LogP contribution < -0.4 is 4.74 Å². The second-order valence-electron chi connectivity index (χ2n) is 6.60. The normalized spacial score (nSPS) is 17.2. The van der Waals surface area contributed by atoms with Gasteiger partial charge in [-0.2, -0.15) is 4.98 Å². The second kappa shape index (κ2) is 8.76. The van der Waals surface area contributed by atoms with Crippen LogP contribution in [0.25, 0.3) is 0 Å². The number of hydrogen-bond donors (Lipinski definition) is 0. The fraction of sp³-hybridized carbons (Fsp3) is 0.450. The summed E-state index contributed by atoms with van der Waals surface area (Å²) in [5, 5.41) is 0. The fourth-order valence-electron chi connectivity index (χ4n) is 3.10. The third-order valence-electron chi connectivity index (χ3n) is 4.30. The van der Waals surface area contributed by atoms with Crippen molar-refractivity contribution in [3.8, 4) is 5.88 Å². The van der Waals surface area contributed by atoms with Crippen LogP contribution in [0.2, 0.25) is 0 Å². The number of aromatic nitrogens is 2. The fourth-order valence-corrected chi connectivity index (χ4v) is 3.10. The first kappa shape index (κ1) is 18.3. The molecule has 1 unspecified atom stereocenters. The topological polar surface area (TPSA) is 64.5 Å². The first-order valence-corrected chi connectivity index (χ1v) is 8.98. The molecule has 0 spiro atoms. The van der Waals surface area contributed by atoms with Gasteiger partial charge in [0, 0.05) is 18.3 Å². The van der Waals surface area contributed by atoms with Gasteiger partial charge in [-0.3, -0.25) is 4.79 Å². The van der Waals surface area contributed by atoms with E-state index in [-0.39, 0.29) is 18.6 Å². The molecular weight excluding hydrogens is 330 g/mol. The molecule has 1 aliphatic heterocycles. The summed E-state index contributed by atoms with van der Waals surface area (Å²) >= 11 is 0. The molecule has 1 saturated heterocycles. The zero-order chi connectivity index (χ0) is 18.4. The van der Waals surface area contributed by atoms with Crippen molar-refractivity contribution in [1.29, 1.82) is 0 Å². The zero-order valence-electron chi connectivity index (χ0n) is 15.4. The number of likely N-dealkylation sites (tertiary alicyclic amines) is 1. The number of hydrogen-bond acceptors (Lipinski definition) is 5. The van der Waals surface area contributed by atoms with Crippen molar-refractivity contribution in [2.75, 3.05) is 19.7 Å². The Bertz CT molecular complexity index is 716. The number of benzene rings is 1. The Balaban J connectivity index is 1.48. The maximum atomic E-state index is 12.4. The number of carbonyl (C=O) groups is 1. The number of amides is 1. The maximum Gasteiger partial charge on any atom is 0.248 e. The summed E-state index contributed by atoms with van der Waals surface area (Å²) in [6.07, 6.45) is 1.78. The van der Waals surface area contributed by atoms with Crippen molar-refractivity contribution >= 4 is 5.91 Å². The highest BCUT2D eigenvalue weighted by atomic mass is 16.5. The van der Waals surface area contributed by atoms with Crippen LogP contribution in [0.15, 0.2) is 36.4 Å². The summed E-state index contributed by atoms with van der Waals surface area (Å²) in [7, 11) is 0. The molecule has 1 aliphatic rings. The van der Waals surface area contributed by atoms with Crippen LogP contribution >= 0.6 is 0 Å². The summed E-state index contributed by atoms with van der Waals surface area (Å²) in [6, 6.07) is 11.7. The molecule has 2 aromatic rings. The molecule has 0 bridgehead atoms. The van der Waals surface area contributed by atoms with Crippen LogP contribution in [-0.2, 0) is 16.1 Å². The Morgan fingerprint density at radius 2 is 2.04 bits per heavy atom. The SMILES string of the molecule is Cc1cc(OC2CCCN(C(=O)COCc3ccccc3)C2)nc(C)n1. The molecule has 0 radical (unpaired) electrons. The van der Waals surface area contributed by atoms with Crippen LogP contribution in [0.4, 0.5) is 0 Å². The Hall–Kier alpha value is -2.47. The number of rotatable bonds is 6. The van der Waals surface area contributed by atoms with E-state index in [4.69, 9.17) is 9.47 Å². The summed E-state index contributed by atoms with van der Waals surface area (Å²) in [5.74, 6) is 1.27. The average molecular weight is 355 g/mol. The van der Waals surface area contributed by atoms with Crippen molar-refractivity contribution in [3.05, 3.63) is 53.5 Å². The molecule has 0 N–H and O–H groups in total. The van der Waals surface area contributed by atoms with E-state index >= 15 is 0 Å². The molecule has 3 rings (SSSR count). The molecule has 1 aromatic carbocycles. The number of piperidine rings is 1. The Morgan fingerprint density at radius 1 is 1.23 bits per heavy atom. The molecule has 138 valence electrons. The van der Waals surface area contributed by atoms with Gasteiger partial charge in [-0.05, 0) is 32.3 Å². The Labute approximate surface area is 154 Å². The largest absolute Gasteiger partial charge is 0.472 e. The molecule has 1 amide bonds. The number of nitrogens with zero attached hydrogens (tertiary/aromatic N) is 3. The summed E-state index contributed by atoms with van der Waals surface area (Å²) in [6.45, 7) is 5.61. The lowest BCUT2D eigenvalue weighted by Gasteiger charge is -2.32. The molecule has 26 heavy (non-hydrogen) atoms. The van der Waals surface area contributed by atoms with E-state index in [0.29, 0.717) is 24.9 Å². The van der Waals surface area contributed by atoms with Gasteiger partial charge >= 0.3 is 0 Å². The van der Waals surface area contributed by atoms with Crippen molar-refractivity contribution in [1.82, 2.24) is 14.9 Å². The van der Waals surface area contributed by atoms with Crippen LogP contribution in [0.3, 0.4) is 0 Å². The van der Waals surface area contributed by atoms with Crippen LogP contribution in [0, 0.1) is 13.8 Å². The van der Waals surface area contributed by atoms with Crippen molar-refractivity contribution in [2.24, 2.45) is 0 Å². The molecule has 1 aromatic heterocycles. The molecule has 1 atom stereocenters. The van der Waals surface area contributed by atoms with Crippen molar-refractivity contribution < 1.29 is 14.3 Å². The quantitative estimate of drug-likeness (QED) is 0.797. The Kier molecular flexibility index (Phi) is 6.17. The standard InChI is InChI=1S/C20H25N3O3/c1-15-11-19(22-16(2)21-15)26-18-9-6-10-23(12-18)20(24)14-25-13-17-7-4-3-5-8-17/h3-5,7-8,11,18H,6,9-10,12-14H2,1-2H3. The molecule has 0 saturated carbocycles. The second-order valence-corrected chi connectivity index (χ2v) is 6.60. The van der Waals surface area contributed by atoms with Crippen LogP contribution in [-0.4, -0.2) is 46.6 Å². The monoisotopic (exact) mass is 355 g/mol. The van der Waals surface area contributed by atoms with E-state index in [1.807, 2.05) is 55.1 Å². The van der Waals surface area contributed by atoms with Crippen LogP contribution in [0.1, 0.15) is 29.9 Å². The van der Waals surface area contributed by atoms with E-state index < -0.39 is 0 Å². The van der Waals surface area contributed by atoms with Gasteiger partial charge in [-0.15, -0.1) is 0 Å². The molecule has 1 fully saturated rings. The number of carbonyl (C=O) groups excluding carboxylic acids is 1. The maximum absolute atomic E-state index is 12.4. The minimum atomic E-state index is -0.0458. The number of aryl methyl sites for hydroxylation is 2. The minimum Gasteiger partial charge on any atom is -0.472 e. The first-order chi connectivity index (χ1) is 12.6. The van der Waals surface area contributed by atoms with Gasteiger partial charge < -0.3 is 14.4 Å². The Morgan fingerprint density at radius 3 is 2.81 bits per heavy atom. The minimum absolute atomic E-state index is 0.00396. The third-order valence-corrected chi connectivity index (χ3v) is 4.30. The molecule has 6 nitrogen and oxygen atoms in total. The van der Waals surface area contributed by atoms with Crippen molar-refractivity contribution in [2.45, 2.75) is 39.4 Å². The van der Waals surface area contributed by atoms with E-state index in [0.717, 1.165) is 30.6 Å².